The minimum Gasteiger partial charge on any atom is -0.447 e. The van der Waals surface area contributed by atoms with Gasteiger partial charge < -0.3 is 17.7 Å². The van der Waals surface area contributed by atoms with Gasteiger partial charge in [0.05, 0.1) is 25.0 Å². The van der Waals surface area contributed by atoms with Gasteiger partial charge in [0.15, 0.2) is 0 Å². The molecule has 2 rings (SSSR count). The van der Waals surface area contributed by atoms with E-state index in [9.17, 15) is 12.9 Å². The van der Waals surface area contributed by atoms with Crippen molar-refractivity contribution in [2.24, 2.45) is 0 Å². The first-order valence-corrected chi connectivity index (χ1v) is 5.74. The molecule has 0 fully saturated rings. The molecule has 0 unspecified atom stereocenters. The van der Waals surface area contributed by atoms with Gasteiger partial charge in [-0.2, -0.15) is 0 Å². The summed E-state index contributed by atoms with van der Waals surface area (Å²) >= 11 is 0. The van der Waals surface area contributed by atoms with Crippen molar-refractivity contribution in [3.8, 4) is 0 Å². The van der Waals surface area contributed by atoms with Crippen LogP contribution in [0, 0.1) is 0 Å². The molecule has 0 atom stereocenters. The Morgan fingerprint density at radius 3 is 2.50 bits per heavy atom. The molecule has 0 aliphatic heterocycles. The molecule has 0 aliphatic carbocycles. The molecule has 0 bridgehead atoms. The van der Waals surface area contributed by atoms with Crippen LogP contribution in [0.1, 0.15) is 11.3 Å². The van der Waals surface area contributed by atoms with Gasteiger partial charge in [-0.25, -0.2) is 4.68 Å². The quantitative estimate of drug-likeness (QED) is 0.658. The summed E-state index contributed by atoms with van der Waals surface area (Å²) in [6, 6.07) is 9.47. The van der Waals surface area contributed by atoms with E-state index < -0.39 is 13.5 Å². The van der Waals surface area contributed by atoms with Crippen LogP contribution in [0.25, 0.3) is 0 Å². The van der Waals surface area contributed by atoms with Crippen molar-refractivity contribution in [3.05, 3.63) is 47.8 Å². The summed E-state index contributed by atoms with van der Waals surface area (Å²) in [5, 5.41) is 7.53. The molecule has 9 heteroatoms. The van der Waals surface area contributed by atoms with Crippen LogP contribution in [0.5, 0.6) is 0 Å². The average Bonchev–Trinajstić information content (AvgIpc) is 2.76. The van der Waals surface area contributed by atoms with Crippen LogP contribution < -0.4 is 51.4 Å². The van der Waals surface area contributed by atoms with Crippen molar-refractivity contribution in [2.45, 2.75) is 13.2 Å². The number of hydrogen-bond acceptors (Lipinski definition) is 3. The Kier molecular flexibility index (Phi) is 7.41. The van der Waals surface area contributed by atoms with E-state index in [1.54, 1.807) is 0 Å². The Morgan fingerprint density at radius 2 is 1.85 bits per heavy atom. The molecule has 1 aromatic heterocycles. The molecule has 1 heterocycles. The van der Waals surface area contributed by atoms with E-state index >= 15 is 0 Å². The Morgan fingerprint density at radius 1 is 1.15 bits per heavy atom. The van der Waals surface area contributed by atoms with Gasteiger partial charge in [0.1, 0.15) is 0 Å². The van der Waals surface area contributed by atoms with Crippen molar-refractivity contribution < 1.29 is 69.1 Å². The molecule has 20 heavy (non-hydrogen) atoms. The predicted molar refractivity (Wildman–Crippen MR) is 64.3 cm³/mol. The van der Waals surface area contributed by atoms with Crippen LogP contribution in [0.2, 0.25) is 0 Å². The minimum atomic E-state index is -4.92. The Bertz CT molecular complexity index is 521. The van der Waals surface area contributed by atoms with E-state index in [-0.39, 0.29) is 58.0 Å². The molecular weight excluding hydrogens is 297 g/mol. The van der Waals surface area contributed by atoms with Crippen molar-refractivity contribution in [1.29, 1.82) is 0 Å². The minimum absolute atomic E-state index is 0. The van der Waals surface area contributed by atoms with Crippen molar-refractivity contribution in [1.82, 2.24) is 15.0 Å². The monoisotopic (exact) mass is 309 g/mol. The third-order valence-electron chi connectivity index (χ3n) is 2.43. The van der Waals surface area contributed by atoms with Gasteiger partial charge in [-0.15, -0.1) is 5.10 Å². The SMILES string of the molecule is F[B-](F)(F)COCc1cnnn1Cc1ccccc1.[K+]. The topological polar surface area (TPSA) is 39.9 Å². The van der Waals surface area contributed by atoms with Gasteiger partial charge in [-0.05, 0) is 5.56 Å². The summed E-state index contributed by atoms with van der Waals surface area (Å²) in [6.07, 6.45) is 1.41. The molecule has 102 valence electrons. The maximum atomic E-state index is 12.0. The zero-order chi connectivity index (χ0) is 13.7. The Balaban J connectivity index is 0.00000200. The zero-order valence-corrected chi connectivity index (χ0v) is 14.2. The third-order valence-corrected chi connectivity index (χ3v) is 2.43. The molecule has 0 aliphatic rings. The standard InChI is InChI=1S/C11H12BF3N3O.K/c13-12(14,15)9-19-8-11-6-16-17-18(11)7-10-4-2-1-3-5-10;/h1-6H,7-9H2;/q-1;+1. The van der Waals surface area contributed by atoms with Gasteiger partial charge in [-0.1, -0.05) is 35.5 Å². The number of aromatic nitrogens is 3. The van der Waals surface area contributed by atoms with Gasteiger partial charge in [-0.3, -0.25) is 0 Å². The molecular formula is C11H12BF3KN3O. The first-order chi connectivity index (χ1) is 9.04. The fourth-order valence-corrected chi connectivity index (χ4v) is 1.58. The van der Waals surface area contributed by atoms with Gasteiger partial charge in [0.25, 0.3) is 0 Å². The van der Waals surface area contributed by atoms with E-state index in [1.807, 2.05) is 30.3 Å². The second kappa shape index (κ2) is 8.30. The molecule has 2 aromatic rings. The van der Waals surface area contributed by atoms with Gasteiger partial charge >= 0.3 is 58.4 Å². The van der Waals surface area contributed by atoms with Gasteiger partial charge in [0.2, 0.25) is 0 Å². The number of nitrogens with zero attached hydrogens (tertiary/aromatic N) is 3. The molecule has 0 amide bonds. The average molecular weight is 309 g/mol. The number of halogens is 3. The fourth-order valence-electron chi connectivity index (χ4n) is 1.58. The second-order valence-corrected chi connectivity index (χ2v) is 4.09. The number of ether oxygens (including phenoxy) is 1. The van der Waals surface area contributed by atoms with E-state index in [0.29, 0.717) is 12.2 Å². The molecule has 0 saturated carbocycles. The summed E-state index contributed by atoms with van der Waals surface area (Å²) in [4.78, 5) is 0. The predicted octanol–water partition coefficient (Wildman–Crippen LogP) is -0.766. The van der Waals surface area contributed by atoms with Crippen molar-refractivity contribution >= 4 is 6.98 Å². The number of rotatable bonds is 6. The Hall–Kier alpha value is -0.189. The first kappa shape index (κ1) is 17.9. The largest absolute Gasteiger partial charge is 1.00 e. The van der Waals surface area contributed by atoms with Crippen LogP contribution in [-0.2, 0) is 17.9 Å². The zero-order valence-electron chi connectivity index (χ0n) is 11.0. The van der Waals surface area contributed by atoms with Crippen LogP contribution in [-0.4, -0.2) is 28.5 Å². The summed E-state index contributed by atoms with van der Waals surface area (Å²) in [5.41, 5.74) is 1.51. The van der Waals surface area contributed by atoms with Crippen molar-refractivity contribution in [2.75, 3.05) is 6.51 Å². The fraction of sp³-hybridized carbons (Fsp3) is 0.273. The molecule has 1 aromatic carbocycles. The second-order valence-electron chi connectivity index (χ2n) is 4.09. The molecule has 4 nitrogen and oxygen atoms in total. The van der Waals surface area contributed by atoms with E-state index in [2.05, 4.69) is 15.0 Å². The summed E-state index contributed by atoms with van der Waals surface area (Å²) in [5.74, 6) is 0. The van der Waals surface area contributed by atoms with Gasteiger partial charge in [0, 0.05) is 6.51 Å². The Labute approximate surface area is 157 Å². The van der Waals surface area contributed by atoms with Crippen LogP contribution >= 0.6 is 0 Å². The van der Waals surface area contributed by atoms with Crippen LogP contribution in [0.15, 0.2) is 36.5 Å². The number of hydrogen-bond donors (Lipinski definition) is 0. The number of benzene rings is 1. The molecule has 0 radical (unpaired) electrons. The summed E-state index contributed by atoms with van der Waals surface area (Å²) in [6.45, 7) is -5.83. The smallest absolute Gasteiger partial charge is 0.447 e. The molecule has 0 N–H and O–H groups in total. The van der Waals surface area contributed by atoms with Crippen molar-refractivity contribution in [3.63, 3.8) is 0 Å². The molecule has 0 saturated heterocycles. The maximum absolute atomic E-state index is 12.0. The first-order valence-electron chi connectivity index (χ1n) is 5.74. The van der Waals surface area contributed by atoms with E-state index in [4.69, 9.17) is 0 Å². The van der Waals surface area contributed by atoms with E-state index in [0.717, 1.165) is 5.56 Å². The molecule has 0 spiro atoms. The normalized spacial score (nSPS) is 11.2. The third kappa shape index (κ3) is 6.06. The maximum Gasteiger partial charge on any atom is 1.00 e. The summed E-state index contributed by atoms with van der Waals surface area (Å²) < 4.78 is 42.2. The summed E-state index contributed by atoms with van der Waals surface area (Å²) in [7, 11) is 0. The van der Waals surface area contributed by atoms with Crippen LogP contribution in [0.3, 0.4) is 0 Å². The van der Waals surface area contributed by atoms with Crippen LogP contribution in [0.4, 0.5) is 12.9 Å². The van der Waals surface area contributed by atoms with E-state index in [1.165, 1.54) is 10.9 Å².